The van der Waals surface area contributed by atoms with E-state index in [9.17, 15) is 19.7 Å². The van der Waals surface area contributed by atoms with Crippen LogP contribution in [0.1, 0.15) is 26.0 Å². The van der Waals surface area contributed by atoms with Crippen LogP contribution in [0.5, 0.6) is 0 Å². The average molecular weight is 356 g/mol. The van der Waals surface area contributed by atoms with Gasteiger partial charge >= 0.3 is 6.03 Å². The predicted octanol–water partition coefficient (Wildman–Crippen LogP) is 2.91. The van der Waals surface area contributed by atoms with Gasteiger partial charge in [0.05, 0.1) is 11.1 Å². The number of nitrogens with zero attached hydrogens (tertiary/aromatic N) is 3. The quantitative estimate of drug-likeness (QED) is 0.382. The molecule has 0 radical (unpaired) electrons. The van der Waals surface area contributed by atoms with Crippen LogP contribution in [0.3, 0.4) is 0 Å². The second kappa shape index (κ2) is 6.43. The van der Waals surface area contributed by atoms with Crippen LogP contribution in [-0.2, 0) is 4.79 Å². The van der Waals surface area contributed by atoms with E-state index in [1.807, 2.05) is 0 Å². The number of hydrogen-bond donors (Lipinski definition) is 1. The van der Waals surface area contributed by atoms with Crippen molar-refractivity contribution in [2.45, 2.75) is 25.8 Å². The van der Waals surface area contributed by atoms with Crippen LogP contribution >= 0.6 is 0 Å². The molecule has 1 aliphatic heterocycles. The fourth-order valence-corrected chi connectivity index (χ4v) is 2.45. The molecule has 1 unspecified atom stereocenters. The van der Waals surface area contributed by atoms with E-state index in [4.69, 9.17) is 4.42 Å². The average Bonchev–Trinajstić information content (AvgIpc) is 3.18. The third-order valence-electron chi connectivity index (χ3n) is 4.24. The number of carbonyl (C=O) groups is 2. The first-order valence-corrected chi connectivity index (χ1v) is 7.89. The van der Waals surface area contributed by atoms with Crippen LogP contribution in [0, 0.1) is 10.1 Å². The molecular weight excluding hydrogens is 340 g/mol. The first-order chi connectivity index (χ1) is 12.3. The van der Waals surface area contributed by atoms with Crippen molar-refractivity contribution in [2.75, 3.05) is 0 Å². The molecule has 0 saturated carbocycles. The molecule has 1 aromatic heterocycles. The van der Waals surface area contributed by atoms with Gasteiger partial charge < -0.3 is 9.73 Å². The second-order valence-corrected chi connectivity index (χ2v) is 5.98. The van der Waals surface area contributed by atoms with Crippen molar-refractivity contribution in [1.29, 1.82) is 0 Å². The summed E-state index contributed by atoms with van der Waals surface area (Å²) in [6.45, 7) is 3.44. The lowest BCUT2D eigenvalue weighted by molar-refractivity contribution is -0.384. The van der Waals surface area contributed by atoms with Gasteiger partial charge in [-0.2, -0.15) is 5.10 Å². The number of imide groups is 1. The Balaban J connectivity index is 1.76. The molecule has 2 aromatic rings. The molecule has 1 aliphatic rings. The highest BCUT2D eigenvalue weighted by Crippen LogP contribution is 2.25. The van der Waals surface area contributed by atoms with E-state index in [0.717, 1.165) is 5.01 Å². The standard InChI is InChI=1S/C17H16N4O5/c1-3-17(2)15(22)20(16(23)19-17)18-10-13-8-9-14(26-13)11-4-6-12(7-5-11)21(24)25/h4-10H,3H2,1-2H3,(H,19,23). The summed E-state index contributed by atoms with van der Waals surface area (Å²) in [5.41, 5.74) is -0.315. The number of amides is 3. The third kappa shape index (κ3) is 3.06. The summed E-state index contributed by atoms with van der Waals surface area (Å²) in [7, 11) is 0. The van der Waals surface area contributed by atoms with E-state index in [-0.39, 0.29) is 5.69 Å². The van der Waals surface area contributed by atoms with Gasteiger partial charge in [0.1, 0.15) is 17.1 Å². The summed E-state index contributed by atoms with van der Waals surface area (Å²) >= 11 is 0. The molecular formula is C17H16N4O5. The minimum absolute atomic E-state index is 0.0142. The Morgan fingerprint density at radius 1 is 1.27 bits per heavy atom. The molecule has 1 aromatic carbocycles. The summed E-state index contributed by atoms with van der Waals surface area (Å²) in [6, 6.07) is 8.61. The number of hydrogen-bond acceptors (Lipinski definition) is 6. The van der Waals surface area contributed by atoms with Crippen LogP contribution in [0.2, 0.25) is 0 Å². The highest BCUT2D eigenvalue weighted by molar-refractivity contribution is 6.07. The monoisotopic (exact) mass is 356 g/mol. The minimum Gasteiger partial charge on any atom is -0.455 e. The Morgan fingerprint density at radius 2 is 1.96 bits per heavy atom. The Hall–Kier alpha value is -3.49. The van der Waals surface area contributed by atoms with E-state index < -0.39 is 22.4 Å². The molecule has 0 bridgehead atoms. The van der Waals surface area contributed by atoms with Gasteiger partial charge in [-0.3, -0.25) is 14.9 Å². The molecule has 26 heavy (non-hydrogen) atoms. The zero-order valence-electron chi connectivity index (χ0n) is 14.1. The lowest BCUT2D eigenvalue weighted by atomic mass is 10.00. The Labute approximate surface area is 148 Å². The molecule has 9 nitrogen and oxygen atoms in total. The second-order valence-electron chi connectivity index (χ2n) is 5.98. The van der Waals surface area contributed by atoms with Crippen molar-refractivity contribution in [3.05, 3.63) is 52.3 Å². The largest absolute Gasteiger partial charge is 0.455 e. The minimum atomic E-state index is -0.957. The third-order valence-corrected chi connectivity index (χ3v) is 4.24. The molecule has 3 amide bonds. The molecule has 134 valence electrons. The van der Waals surface area contributed by atoms with Crippen molar-refractivity contribution in [3.8, 4) is 11.3 Å². The van der Waals surface area contributed by atoms with Crippen molar-refractivity contribution >= 4 is 23.8 Å². The first kappa shape index (κ1) is 17.3. The number of benzene rings is 1. The molecule has 2 heterocycles. The van der Waals surface area contributed by atoms with Crippen molar-refractivity contribution in [2.24, 2.45) is 5.10 Å². The maximum absolute atomic E-state index is 12.2. The van der Waals surface area contributed by atoms with Crippen molar-refractivity contribution in [1.82, 2.24) is 10.3 Å². The number of non-ortho nitro benzene ring substituents is 1. The maximum atomic E-state index is 12.2. The molecule has 0 spiro atoms. The summed E-state index contributed by atoms with van der Waals surface area (Å²) in [5.74, 6) is 0.393. The number of nitro groups is 1. The van der Waals surface area contributed by atoms with Crippen LogP contribution in [-0.4, -0.2) is 33.6 Å². The van der Waals surface area contributed by atoms with Gasteiger partial charge in [-0.15, -0.1) is 5.01 Å². The van der Waals surface area contributed by atoms with Crippen LogP contribution in [0.4, 0.5) is 10.5 Å². The zero-order valence-corrected chi connectivity index (χ0v) is 14.1. The number of hydrazone groups is 1. The number of furan rings is 1. The van der Waals surface area contributed by atoms with Crippen molar-refractivity contribution < 1.29 is 18.9 Å². The summed E-state index contributed by atoms with van der Waals surface area (Å²) < 4.78 is 5.59. The van der Waals surface area contributed by atoms with Gasteiger partial charge in [0.2, 0.25) is 0 Å². The van der Waals surface area contributed by atoms with Crippen molar-refractivity contribution in [3.63, 3.8) is 0 Å². The van der Waals surface area contributed by atoms with Gasteiger partial charge in [0.15, 0.2) is 0 Å². The van der Waals surface area contributed by atoms with E-state index in [1.165, 1.54) is 18.3 Å². The SMILES string of the molecule is CCC1(C)NC(=O)N(N=Cc2ccc(-c3ccc([N+](=O)[O-])cc3)o2)C1=O. The van der Waals surface area contributed by atoms with E-state index in [0.29, 0.717) is 23.5 Å². The molecule has 1 saturated heterocycles. The van der Waals surface area contributed by atoms with Crippen LogP contribution in [0.25, 0.3) is 11.3 Å². The molecule has 0 aliphatic carbocycles. The Bertz CT molecular complexity index is 902. The topological polar surface area (TPSA) is 118 Å². The Kier molecular flexibility index (Phi) is 4.29. The number of rotatable bonds is 5. The highest BCUT2D eigenvalue weighted by Gasteiger charge is 2.46. The lowest BCUT2D eigenvalue weighted by Crippen LogP contribution is -2.42. The van der Waals surface area contributed by atoms with Crippen LogP contribution in [0.15, 0.2) is 45.9 Å². The van der Waals surface area contributed by atoms with E-state index in [1.54, 1.807) is 38.1 Å². The van der Waals surface area contributed by atoms with Gasteiger partial charge in [0, 0.05) is 17.7 Å². The smallest absolute Gasteiger partial charge is 0.346 e. The van der Waals surface area contributed by atoms with Gasteiger partial charge in [-0.05, 0) is 37.6 Å². The Morgan fingerprint density at radius 3 is 2.54 bits per heavy atom. The summed E-state index contributed by atoms with van der Waals surface area (Å²) in [5, 5.41) is 18.0. The number of urea groups is 1. The normalized spacial score (nSPS) is 20.0. The number of carbonyl (C=O) groups excluding carboxylic acids is 2. The molecule has 3 rings (SSSR count). The van der Waals surface area contributed by atoms with Crippen LogP contribution < -0.4 is 5.32 Å². The van der Waals surface area contributed by atoms with Gasteiger partial charge in [0.25, 0.3) is 11.6 Å². The van der Waals surface area contributed by atoms with Gasteiger partial charge in [-0.1, -0.05) is 6.92 Å². The number of nitro benzene ring substituents is 1. The van der Waals surface area contributed by atoms with E-state index in [2.05, 4.69) is 10.4 Å². The predicted molar refractivity (Wildman–Crippen MR) is 92.5 cm³/mol. The molecule has 1 atom stereocenters. The van der Waals surface area contributed by atoms with Gasteiger partial charge in [-0.25, -0.2) is 4.79 Å². The maximum Gasteiger partial charge on any atom is 0.346 e. The van der Waals surface area contributed by atoms with E-state index >= 15 is 0 Å². The lowest BCUT2D eigenvalue weighted by Gasteiger charge is -2.17. The molecule has 1 fully saturated rings. The fraction of sp³-hybridized carbons (Fsp3) is 0.235. The summed E-state index contributed by atoms with van der Waals surface area (Å²) in [6.07, 6.45) is 1.72. The highest BCUT2D eigenvalue weighted by atomic mass is 16.6. The fourth-order valence-electron chi connectivity index (χ4n) is 2.45. The molecule has 9 heteroatoms. The first-order valence-electron chi connectivity index (χ1n) is 7.89. The zero-order chi connectivity index (χ0) is 18.9. The number of nitrogens with one attached hydrogen (secondary N) is 1. The summed E-state index contributed by atoms with van der Waals surface area (Å²) in [4.78, 5) is 34.3. The molecule has 1 N–H and O–H groups in total.